The van der Waals surface area contributed by atoms with Gasteiger partial charge in [-0.05, 0) is 66.5 Å². The summed E-state index contributed by atoms with van der Waals surface area (Å²) in [4.78, 5) is 16.7. The van der Waals surface area contributed by atoms with Gasteiger partial charge < -0.3 is 14.0 Å². The molecule has 1 aromatic heterocycles. The zero-order chi connectivity index (χ0) is 17.8. The van der Waals surface area contributed by atoms with Gasteiger partial charge in [0.1, 0.15) is 11.9 Å². The zero-order valence-corrected chi connectivity index (χ0v) is 16.9. The minimum Gasteiger partial charge on any atom is -0.454 e. The molecule has 0 spiro atoms. The van der Waals surface area contributed by atoms with Crippen LogP contribution in [0, 0.1) is 16.4 Å². The molecule has 0 radical (unpaired) electrons. The lowest BCUT2D eigenvalue weighted by atomic mass is 10.2. The molecule has 0 unspecified atom stereocenters. The molecule has 134 valence electrons. The van der Waals surface area contributed by atoms with Gasteiger partial charge in [-0.15, -0.1) is 0 Å². The highest BCUT2D eigenvalue weighted by atomic mass is 127. The smallest absolute Gasteiger partial charge is 0.340 e. The Morgan fingerprint density at radius 2 is 2.28 bits per heavy atom. The standard InChI is InChI=1S/C18H20ClIN2O3/c1-12-21-6-7-22(12)9-15(11-24-10-13-2-3-13)25-18(23)16-5-4-14(20)8-17(16)19/h4-8,13,15H,2-3,9-11H2,1H3/t15-/m1/s1. The van der Waals surface area contributed by atoms with Crippen LogP contribution in [0.15, 0.2) is 30.6 Å². The second-order valence-corrected chi connectivity index (χ2v) is 7.91. The van der Waals surface area contributed by atoms with Crippen molar-refractivity contribution in [2.45, 2.75) is 32.4 Å². The van der Waals surface area contributed by atoms with Crippen LogP contribution in [0.5, 0.6) is 0 Å². The quantitative estimate of drug-likeness (QED) is 0.427. The third-order valence-corrected chi connectivity index (χ3v) is 5.09. The third-order valence-electron chi connectivity index (χ3n) is 4.10. The summed E-state index contributed by atoms with van der Waals surface area (Å²) in [6, 6.07) is 5.27. The van der Waals surface area contributed by atoms with Crippen molar-refractivity contribution in [3.8, 4) is 0 Å². The molecule has 1 fully saturated rings. The molecular formula is C18H20ClIN2O3. The number of imidazole rings is 1. The van der Waals surface area contributed by atoms with Crippen LogP contribution in [0.1, 0.15) is 29.0 Å². The van der Waals surface area contributed by atoms with Crippen molar-refractivity contribution in [1.29, 1.82) is 0 Å². The molecule has 0 saturated heterocycles. The molecule has 1 aliphatic carbocycles. The van der Waals surface area contributed by atoms with Gasteiger partial charge in [-0.2, -0.15) is 0 Å². The van der Waals surface area contributed by atoms with Crippen LogP contribution in [0.4, 0.5) is 0 Å². The molecule has 7 heteroatoms. The summed E-state index contributed by atoms with van der Waals surface area (Å²) in [5.41, 5.74) is 0.372. The van der Waals surface area contributed by atoms with Crippen LogP contribution in [0.3, 0.4) is 0 Å². The average Bonchev–Trinajstić information content (AvgIpc) is 3.29. The SMILES string of the molecule is Cc1nccn1C[C@H](COCC1CC1)OC(=O)c1ccc(I)cc1Cl. The second kappa shape index (κ2) is 8.51. The maximum Gasteiger partial charge on any atom is 0.340 e. The van der Waals surface area contributed by atoms with Gasteiger partial charge in [0.05, 0.1) is 23.7 Å². The fraction of sp³-hybridized carbons (Fsp3) is 0.444. The number of nitrogens with zero attached hydrogens (tertiary/aromatic N) is 2. The van der Waals surface area contributed by atoms with Crippen molar-refractivity contribution in [2.24, 2.45) is 5.92 Å². The minimum atomic E-state index is -0.431. The number of aromatic nitrogens is 2. The van der Waals surface area contributed by atoms with Crippen molar-refractivity contribution in [3.05, 3.63) is 50.6 Å². The molecule has 2 aromatic rings. The van der Waals surface area contributed by atoms with Gasteiger partial charge in [-0.1, -0.05) is 11.6 Å². The van der Waals surface area contributed by atoms with E-state index in [4.69, 9.17) is 21.1 Å². The molecule has 25 heavy (non-hydrogen) atoms. The molecule has 0 N–H and O–H groups in total. The number of esters is 1. The van der Waals surface area contributed by atoms with E-state index < -0.39 is 12.1 Å². The van der Waals surface area contributed by atoms with Gasteiger partial charge in [0, 0.05) is 22.6 Å². The molecule has 0 bridgehead atoms. The first kappa shape index (κ1) is 18.7. The summed E-state index contributed by atoms with van der Waals surface area (Å²) in [6.45, 7) is 3.51. The Balaban J connectivity index is 1.66. The molecule has 3 rings (SSSR count). The van der Waals surface area contributed by atoms with E-state index in [-0.39, 0.29) is 0 Å². The lowest BCUT2D eigenvalue weighted by Gasteiger charge is -2.20. The first-order valence-electron chi connectivity index (χ1n) is 8.24. The lowest BCUT2D eigenvalue weighted by Crippen LogP contribution is -2.29. The molecule has 1 saturated carbocycles. The van der Waals surface area contributed by atoms with E-state index in [0.717, 1.165) is 16.0 Å². The summed E-state index contributed by atoms with van der Waals surface area (Å²) in [5, 5.41) is 0.397. The number of aryl methyl sites for hydroxylation is 1. The van der Waals surface area contributed by atoms with Gasteiger partial charge in [0.25, 0.3) is 0 Å². The molecule has 1 aromatic carbocycles. The first-order valence-corrected chi connectivity index (χ1v) is 9.70. The summed E-state index contributed by atoms with van der Waals surface area (Å²) >= 11 is 8.33. The summed E-state index contributed by atoms with van der Waals surface area (Å²) < 4.78 is 14.4. The van der Waals surface area contributed by atoms with Crippen molar-refractivity contribution >= 4 is 40.2 Å². The van der Waals surface area contributed by atoms with E-state index in [9.17, 15) is 4.79 Å². The Morgan fingerprint density at radius 1 is 1.48 bits per heavy atom. The maximum absolute atomic E-state index is 12.5. The summed E-state index contributed by atoms with van der Waals surface area (Å²) in [6.07, 6.45) is 5.66. The Morgan fingerprint density at radius 3 is 2.92 bits per heavy atom. The van der Waals surface area contributed by atoms with E-state index in [1.807, 2.05) is 23.8 Å². The molecular weight excluding hydrogens is 455 g/mol. The monoisotopic (exact) mass is 474 g/mol. The molecule has 0 aliphatic heterocycles. The Kier molecular flexibility index (Phi) is 6.35. The van der Waals surface area contributed by atoms with Crippen LogP contribution in [0.25, 0.3) is 0 Å². The molecule has 0 amide bonds. The Labute approximate surface area is 165 Å². The average molecular weight is 475 g/mol. The summed E-state index contributed by atoms with van der Waals surface area (Å²) in [7, 11) is 0. The predicted molar refractivity (Wildman–Crippen MR) is 104 cm³/mol. The lowest BCUT2D eigenvalue weighted by molar-refractivity contribution is -0.0119. The first-order chi connectivity index (χ1) is 12.0. The number of rotatable bonds is 8. The number of ether oxygens (including phenoxy) is 2. The van der Waals surface area contributed by atoms with Crippen molar-refractivity contribution < 1.29 is 14.3 Å². The third kappa shape index (κ3) is 5.43. The van der Waals surface area contributed by atoms with Gasteiger partial charge in [0.15, 0.2) is 0 Å². The summed E-state index contributed by atoms with van der Waals surface area (Å²) in [5.74, 6) is 1.10. The molecule has 5 nitrogen and oxygen atoms in total. The van der Waals surface area contributed by atoms with E-state index in [2.05, 4.69) is 27.6 Å². The van der Waals surface area contributed by atoms with Crippen molar-refractivity contribution in [2.75, 3.05) is 13.2 Å². The second-order valence-electron chi connectivity index (χ2n) is 6.26. The molecule has 1 aliphatic rings. The van der Waals surface area contributed by atoms with Crippen LogP contribution < -0.4 is 0 Å². The highest BCUT2D eigenvalue weighted by Gasteiger charge is 2.24. The molecule has 1 heterocycles. The topological polar surface area (TPSA) is 53.4 Å². The number of benzene rings is 1. The van der Waals surface area contributed by atoms with E-state index in [0.29, 0.717) is 29.7 Å². The highest BCUT2D eigenvalue weighted by molar-refractivity contribution is 14.1. The van der Waals surface area contributed by atoms with Crippen molar-refractivity contribution in [1.82, 2.24) is 9.55 Å². The van der Waals surface area contributed by atoms with Crippen LogP contribution >= 0.6 is 34.2 Å². The number of hydrogen-bond donors (Lipinski definition) is 0. The largest absolute Gasteiger partial charge is 0.454 e. The maximum atomic E-state index is 12.5. The number of carbonyl (C=O) groups excluding carboxylic acids is 1. The zero-order valence-electron chi connectivity index (χ0n) is 14.0. The molecule has 1 atom stereocenters. The van der Waals surface area contributed by atoms with Crippen LogP contribution in [-0.2, 0) is 16.0 Å². The van der Waals surface area contributed by atoms with E-state index >= 15 is 0 Å². The highest BCUT2D eigenvalue weighted by Crippen LogP contribution is 2.29. The van der Waals surface area contributed by atoms with E-state index in [1.54, 1.807) is 18.3 Å². The Bertz CT molecular complexity index is 746. The number of hydrogen-bond acceptors (Lipinski definition) is 4. The van der Waals surface area contributed by atoms with Crippen LogP contribution in [0.2, 0.25) is 5.02 Å². The predicted octanol–water partition coefficient (Wildman–Crippen LogP) is 4.10. The normalized spacial score (nSPS) is 15.2. The van der Waals surface area contributed by atoms with Gasteiger partial charge >= 0.3 is 5.97 Å². The number of carbonyl (C=O) groups is 1. The number of halogens is 2. The fourth-order valence-corrected chi connectivity index (χ4v) is 3.39. The minimum absolute atomic E-state index is 0.363. The van der Waals surface area contributed by atoms with Crippen molar-refractivity contribution in [3.63, 3.8) is 0 Å². The van der Waals surface area contributed by atoms with E-state index in [1.165, 1.54) is 12.8 Å². The van der Waals surface area contributed by atoms with Gasteiger partial charge in [0.2, 0.25) is 0 Å². The Hall–Kier alpha value is -1.12. The fourth-order valence-electron chi connectivity index (χ4n) is 2.46. The van der Waals surface area contributed by atoms with Gasteiger partial charge in [-0.25, -0.2) is 9.78 Å². The van der Waals surface area contributed by atoms with Crippen LogP contribution in [-0.4, -0.2) is 34.8 Å². The van der Waals surface area contributed by atoms with Gasteiger partial charge in [-0.3, -0.25) is 0 Å².